The molecule has 1 aliphatic carbocycles. The van der Waals surface area contributed by atoms with Gasteiger partial charge in [-0.3, -0.25) is 4.79 Å². The number of carbonyl (C=O) groups is 1. The minimum atomic E-state index is -0.587. The Morgan fingerprint density at radius 3 is 2.50 bits per heavy atom. The first-order valence-corrected chi connectivity index (χ1v) is 9.60. The Labute approximate surface area is 156 Å². The summed E-state index contributed by atoms with van der Waals surface area (Å²) < 4.78 is 4.96. The van der Waals surface area contributed by atoms with Crippen LogP contribution in [0.25, 0.3) is 11.3 Å². The molecule has 3 aromatic rings. The quantitative estimate of drug-likeness (QED) is 0.735. The third-order valence-electron chi connectivity index (χ3n) is 4.32. The molecule has 0 atom stereocenters. The van der Waals surface area contributed by atoms with Crippen LogP contribution in [0, 0.1) is 5.92 Å². The molecule has 4 rings (SSSR count). The summed E-state index contributed by atoms with van der Waals surface area (Å²) in [4.78, 5) is 10.7. The molecule has 2 heterocycles. The Kier molecular flexibility index (Phi) is 6.12. The van der Waals surface area contributed by atoms with E-state index in [-0.39, 0.29) is 5.69 Å². The van der Waals surface area contributed by atoms with Gasteiger partial charge in [-0.05, 0) is 12.3 Å². The minimum Gasteiger partial charge on any atom is -0.364 e. The van der Waals surface area contributed by atoms with Gasteiger partial charge in [0.15, 0.2) is 11.5 Å². The van der Waals surface area contributed by atoms with E-state index in [9.17, 15) is 4.79 Å². The highest BCUT2D eigenvalue weighted by atomic mass is 32.1. The van der Waals surface area contributed by atoms with E-state index in [4.69, 9.17) is 10.3 Å². The maximum absolute atomic E-state index is 10.7. The lowest BCUT2D eigenvalue weighted by Crippen LogP contribution is -2.13. The highest BCUT2D eigenvalue weighted by molar-refractivity contribution is 7.11. The van der Waals surface area contributed by atoms with Crippen molar-refractivity contribution >= 4 is 17.2 Å². The molecule has 26 heavy (non-hydrogen) atoms. The molecule has 1 amide bonds. The van der Waals surface area contributed by atoms with Crippen molar-refractivity contribution in [3.63, 3.8) is 0 Å². The molecule has 6 nitrogen and oxygen atoms in total. The van der Waals surface area contributed by atoms with Crippen molar-refractivity contribution in [1.29, 1.82) is 0 Å². The number of hydrogen-bond donors (Lipinski definition) is 1. The number of nitrogens with two attached hydrogens (primary N) is 1. The predicted octanol–water partition coefficient (Wildman–Crippen LogP) is 3.88. The van der Waals surface area contributed by atoms with Crippen LogP contribution in [0.5, 0.6) is 0 Å². The summed E-state index contributed by atoms with van der Waals surface area (Å²) in [6.07, 6.45) is 6.44. The van der Waals surface area contributed by atoms with E-state index in [1.54, 1.807) is 11.3 Å². The topological polar surface area (TPSA) is 94.9 Å². The number of rotatable bonds is 5. The van der Waals surface area contributed by atoms with Crippen LogP contribution in [0.4, 0.5) is 0 Å². The fraction of sp³-hybridized carbons (Fsp3) is 0.368. The van der Waals surface area contributed by atoms with Crippen LogP contribution in [0.2, 0.25) is 0 Å². The summed E-state index contributed by atoms with van der Waals surface area (Å²) in [5.74, 6) is 0.873. The molecule has 1 fully saturated rings. The van der Waals surface area contributed by atoms with Crippen LogP contribution in [0.3, 0.4) is 0 Å². The lowest BCUT2D eigenvalue weighted by molar-refractivity contribution is 0.0992. The predicted molar refractivity (Wildman–Crippen MR) is 101 cm³/mol. The van der Waals surface area contributed by atoms with Gasteiger partial charge in [-0.15, -0.1) is 21.5 Å². The lowest BCUT2D eigenvalue weighted by atomic mass is 9.83. The Bertz CT molecular complexity index is 840. The maximum atomic E-state index is 10.7. The molecule has 2 aromatic heterocycles. The number of aryl methyl sites for hydroxylation is 1. The average molecular weight is 370 g/mol. The Morgan fingerprint density at radius 1 is 1.23 bits per heavy atom. The van der Waals surface area contributed by atoms with Gasteiger partial charge in [-0.25, -0.2) is 0 Å². The zero-order valence-electron chi connectivity index (χ0n) is 14.7. The minimum absolute atomic E-state index is 0.142. The van der Waals surface area contributed by atoms with Crippen LogP contribution in [0.15, 0.2) is 40.9 Å². The zero-order chi connectivity index (χ0) is 18.4. The molecule has 7 heteroatoms. The molecule has 1 aliphatic rings. The van der Waals surface area contributed by atoms with E-state index in [0.717, 1.165) is 17.9 Å². The normalized spacial score (nSPS) is 13.6. The zero-order valence-corrected chi connectivity index (χ0v) is 15.5. The first kappa shape index (κ1) is 18.3. The van der Waals surface area contributed by atoms with Crippen molar-refractivity contribution in [3.05, 3.63) is 52.1 Å². The van der Waals surface area contributed by atoms with Gasteiger partial charge in [0.05, 0.1) is 0 Å². The first-order chi connectivity index (χ1) is 12.7. The SMILES string of the molecule is CCc1nnc(CC2CCC2)s1.NC(=O)c1cc(-c2ccccc2)on1. The second-order valence-electron chi connectivity index (χ2n) is 6.25. The van der Waals surface area contributed by atoms with E-state index in [0.29, 0.717) is 5.76 Å². The van der Waals surface area contributed by atoms with Crippen molar-refractivity contribution in [1.82, 2.24) is 15.4 Å². The summed E-state index contributed by atoms with van der Waals surface area (Å²) in [5.41, 5.74) is 6.05. The van der Waals surface area contributed by atoms with Gasteiger partial charge in [0, 0.05) is 18.1 Å². The largest absolute Gasteiger partial charge is 0.364 e. The van der Waals surface area contributed by atoms with E-state index < -0.39 is 5.91 Å². The van der Waals surface area contributed by atoms with Gasteiger partial charge in [0.2, 0.25) is 0 Å². The fourth-order valence-corrected chi connectivity index (χ4v) is 3.49. The van der Waals surface area contributed by atoms with Crippen molar-refractivity contribution in [2.24, 2.45) is 11.7 Å². The number of hydrogen-bond acceptors (Lipinski definition) is 6. The van der Waals surface area contributed by atoms with E-state index in [1.807, 2.05) is 30.3 Å². The number of nitrogens with zero attached hydrogens (tertiary/aromatic N) is 3. The molecule has 0 bridgehead atoms. The summed E-state index contributed by atoms with van der Waals surface area (Å²) in [5, 5.41) is 14.3. The first-order valence-electron chi connectivity index (χ1n) is 8.79. The maximum Gasteiger partial charge on any atom is 0.270 e. The molecule has 0 radical (unpaired) electrons. The summed E-state index contributed by atoms with van der Waals surface area (Å²) >= 11 is 1.79. The summed E-state index contributed by atoms with van der Waals surface area (Å²) in [6.45, 7) is 2.13. The second-order valence-corrected chi connectivity index (χ2v) is 7.40. The molecule has 136 valence electrons. The number of amides is 1. The fourth-order valence-electron chi connectivity index (χ4n) is 2.59. The Balaban J connectivity index is 0.000000152. The number of primary amides is 1. The summed E-state index contributed by atoms with van der Waals surface area (Å²) in [6, 6.07) is 10.9. The van der Waals surface area contributed by atoms with Gasteiger partial charge >= 0.3 is 0 Å². The molecule has 1 saturated carbocycles. The van der Waals surface area contributed by atoms with Crippen LogP contribution in [-0.4, -0.2) is 21.3 Å². The smallest absolute Gasteiger partial charge is 0.270 e. The Morgan fingerprint density at radius 2 is 1.96 bits per heavy atom. The van der Waals surface area contributed by atoms with E-state index in [1.165, 1.54) is 41.8 Å². The van der Waals surface area contributed by atoms with Gasteiger partial charge < -0.3 is 10.3 Å². The number of benzene rings is 1. The third-order valence-corrected chi connectivity index (χ3v) is 5.41. The molecular weight excluding hydrogens is 348 g/mol. The van der Waals surface area contributed by atoms with Gasteiger partial charge in [-0.2, -0.15) is 0 Å². The van der Waals surface area contributed by atoms with Crippen molar-refractivity contribution in [2.75, 3.05) is 0 Å². The molecule has 2 N–H and O–H groups in total. The standard InChI is InChI=1S/C10H8N2O2.C9H14N2S/c11-10(13)8-6-9(14-12-8)7-4-2-1-3-5-7;1-2-8-10-11-9(12-8)6-7-4-3-5-7/h1-6H,(H2,11,13);7H,2-6H2,1H3. The van der Waals surface area contributed by atoms with Crippen molar-refractivity contribution in [3.8, 4) is 11.3 Å². The van der Waals surface area contributed by atoms with Gasteiger partial charge in [-0.1, -0.05) is 61.7 Å². The van der Waals surface area contributed by atoms with Gasteiger partial charge in [0.1, 0.15) is 10.0 Å². The number of carbonyl (C=O) groups excluding carboxylic acids is 1. The monoisotopic (exact) mass is 370 g/mol. The van der Waals surface area contributed by atoms with E-state index >= 15 is 0 Å². The highest BCUT2D eigenvalue weighted by Crippen LogP contribution is 2.30. The Hall–Kier alpha value is -2.54. The molecular formula is C19H22N4O2S. The average Bonchev–Trinajstić information content (AvgIpc) is 3.29. The van der Waals surface area contributed by atoms with Crippen molar-refractivity contribution in [2.45, 2.75) is 39.0 Å². The molecule has 0 unspecified atom stereocenters. The van der Waals surface area contributed by atoms with Gasteiger partial charge in [0.25, 0.3) is 5.91 Å². The molecule has 0 saturated heterocycles. The number of aromatic nitrogens is 3. The lowest BCUT2D eigenvalue weighted by Gasteiger charge is -2.23. The highest BCUT2D eigenvalue weighted by Gasteiger charge is 2.19. The second kappa shape index (κ2) is 8.71. The van der Waals surface area contributed by atoms with E-state index in [2.05, 4.69) is 22.3 Å². The van der Waals surface area contributed by atoms with Crippen LogP contribution >= 0.6 is 11.3 Å². The molecule has 0 aliphatic heterocycles. The molecule has 0 spiro atoms. The van der Waals surface area contributed by atoms with Crippen molar-refractivity contribution < 1.29 is 9.32 Å². The van der Waals surface area contributed by atoms with Crippen LogP contribution < -0.4 is 5.73 Å². The summed E-state index contributed by atoms with van der Waals surface area (Å²) in [7, 11) is 0. The molecule has 1 aromatic carbocycles. The van der Waals surface area contributed by atoms with Crippen LogP contribution in [0.1, 0.15) is 46.7 Å². The van der Waals surface area contributed by atoms with Crippen LogP contribution in [-0.2, 0) is 12.8 Å². The third kappa shape index (κ3) is 4.76.